The highest BCUT2D eigenvalue weighted by atomic mass is 35.5. The summed E-state index contributed by atoms with van der Waals surface area (Å²) in [5.41, 5.74) is -0.0628. The summed E-state index contributed by atoms with van der Waals surface area (Å²) in [6.45, 7) is 0.402. The Morgan fingerprint density at radius 2 is 2.15 bits per heavy atom. The fraction of sp³-hybridized carbons (Fsp3) is 0.667. The van der Waals surface area contributed by atoms with Gasteiger partial charge in [-0.2, -0.15) is 0 Å². The topological polar surface area (TPSA) is 45.5 Å². The van der Waals surface area contributed by atoms with E-state index in [0.717, 1.165) is 38.5 Å². The van der Waals surface area contributed by atoms with Crippen molar-refractivity contribution in [2.75, 3.05) is 13.6 Å². The maximum Gasteiger partial charge on any atom is 0.270 e. The quantitative estimate of drug-likeness (QED) is 0.928. The predicted octanol–water partition coefficient (Wildman–Crippen LogP) is 2.85. The van der Waals surface area contributed by atoms with Crippen LogP contribution in [0.4, 0.5) is 0 Å². The van der Waals surface area contributed by atoms with Crippen LogP contribution in [0.2, 0.25) is 5.02 Å². The number of hydrogen-bond acceptors (Lipinski definition) is 2. The van der Waals surface area contributed by atoms with Crippen molar-refractivity contribution < 1.29 is 9.90 Å². The highest BCUT2D eigenvalue weighted by molar-refractivity contribution is 6.31. The average molecular weight is 297 g/mol. The van der Waals surface area contributed by atoms with E-state index in [-0.39, 0.29) is 5.91 Å². The van der Waals surface area contributed by atoms with Gasteiger partial charge in [0.25, 0.3) is 5.91 Å². The summed E-state index contributed by atoms with van der Waals surface area (Å²) in [5, 5.41) is 11.0. The van der Waals surface area contributed by atoms with E-state index in [4.69, 9.17) is 11.6 Å². The second-order valence-corrected chi connectivity index (χ2v) is 6.71. The van der Waals surface area contributed by atoms with Crippen LogP contribution in [0, 0.1) is 0 Å². The molecule has 1 aromatic rings. The molecular formula is C15H21ClN2O2. The average Bonchev–Trinajstić information content (AvgIpc) is 3.05. The lowest BCUT2D eigenvalue weighted by Gasteiger charge is -2.28. The number of halogens is 1. The van der Waals surface area contributed by atoms with Crippen LogP contribution in [0.1, 0.15) is 55.1 Å². The zero-order valence-electron chi connectivity index (χ0n) is 11.8. The third-order valence-corrected chi connectivity index (χ3v) is 4.59. The summed E-state index contributed by atoms with van der Waals surface area (Å²) >= 11 is 6.04. The minimum Gasteiger partial charge on any atom is -0.388 e. The summed E-state index contributed by atoms with van der Waals surface area (Å²) in [4.78, 5) is 14.2. The number of carbonyl (C=O) groups is 1. The molecule has 2 fully saturated rings. The molecular weight excluding hydrogens is 276 g/mol. The molecule has 20 heavy (non-hydrogen) atoms. The summed E-state index contributed by atoms with van der Waals surface area (Å²) in [6, 6.07) is 2.15. The van der Waals surface area contributed by atoms with Crippen molar-refractivity contribution in [3.8, 4) is 0 Å². The van der Waals surface area contributed by atoms with E-state index < -0.39 is 5.60 Å². The van der Waals surface area contributed by atoms with E-state index in [1.54, 1.807) is 18.0 Å². The number of carbonyl (C=O) groups excluding carboxylic acids is 1. The van der Waals surface area contributed by atoms with E-state index in [1.807, 2.05) is 10.8 Å². The molecule has 0 radical (unpaired) electrons. The monoisotopic (exact) mass is 296 g/mol. The number of aromatic nitrogens is 1. The van der Waals surface area contributed by atoms with Crippen LogP contribution in [0.5, 0.6) is 0 Å². The molecule has 1 N–H and O–H groups in total. The normalized spacial score (nSPS) is 21.1. The molecule has 0 unspecified atom stereocenters. The maximum absolute atomic E-state index is 12.6. The predicted molar refractivity (Wildman–Crippen MR) is 78.1 cm³/mol. The van der Waals surface area contributed by atoms with Crippen molar-refractivity contribution in [2.45, 2.75) is 50.2 Å². The second kappa shape index (κ2) is 5.08. The third-order valence-electron chi connectivity index (χ3n) is 4.39. The summed E-state index contributed by atoms with van der Waals surface area (Å²) in [5.74, 6) is -0.0517. The molecule has 0 saturated heterocycles. The molecule has 2 aliphatic carbocycles. The standard InChI is InChI=1S/C15H21ClN2O2/c1-17(10-15(20)6-2-3-7-15)14(19)13-8-11(16)9-18(13)12-4-5-12/h8-9,12,20H,2-7,10H2,1H3. The molecule has 3 rings (SSSR count). The molecule has 2 saturated carbocycles. The Hall–Kier alpha value is -1.00. The van der Waals surface area contributed by atoms with Gasteiger partial charge in [-0.3, -0.25) is 4.79 Å². The number of likely N-dealkylation sites (N-methyl/N-ethyl adjacent to an activating group) is 1. The molecule has 0 aliphatic heterocycles. The summed E-state index contributed by atoms with van der Waals surface area (Å²) in [6.07, 6.45) is 7.72. The first kappa shape index (κ1) is 14.0. The third kappa shape index (κ3) is 2.72. The van der Waals surface area contributed by atoms with Gasteiger partial charge in [-0.15, -0.1) is 0 Å². The van der Waals surface area contributed by atoms with E-state index in [1.165, 1.54) is 0 Å². The van der Waals surface area contributed by atoms with Gasteiger partial charge in [0, 0.05) is 25.8 Å². The molecule has 0 bridgehead atoms. The fourth-order valence-electron chi connectivity index (χ4n) is 3.17. The number of aliphatic hydroxyl groups is 1. The molecule has 5 heteroatoms. The first-order chi connectivity index (χ1) is 9.48. The Bertz CT molecular complexity index is 516. The summed E-state index contributed by atoms with van der Waals surface area (Å²) < 4.78 is 1.99. The Kier molecular flexibility index (Phi) is 3.55. The van der Waals surface area contributed by atoms with Crippen LogP contribution >= 0.6 is 11.6 Å². The van der Waals surface area contributed by atoms with Crippen LogP contribution in [0.3, 0.4) is 0 Å². The van der Waals surface area contributed by atoms with E-state index in [2.05, 4.69) is 0 Å². The SMILES string of the molecule is CN(CC1(O)CCCC1)C(=O)c1cc(Cl)cn1C1CC1. The molecule has 1 aromatic heterocycles. The van der Waals surface area contributed by atoms with Crippen molar-refractivity contribution in [3.63, 3.8) is 0 Å². The molecule has 1 amide bonds. The zero-order valence-corrected chi connectivity index (χ0v) is 12.6. The molecule has 110 valence electrons. The van der Waals surface area contributed by atoms with Gasteiger partial charge in [-0.05, 0) is 31.7 Å². The fourth-order valence-corrected chi connectivity index (χ4v) is 3.38. The van der Waals surface area contributed by atoms with Crippen LogP contribution in [-0.2, 0) is 0 Å². The minimum atomic E-state index is -0.703. The van der Waals surface area contributed by atoms with Gasteiger partial charge in [0.1, 0.15) is 5.69 Å². The van der Waals surface area contributed by atoms with E-state index >= 15 is 0 Å². The number of nitrogens with zero attached hydrogens (tertiary/aromatic N) is 2. The van der Waals surface area contributed by atoms with Crippen molar-refractivity contribution in [3.05, 3.63) is 23.0 Å². The number of hydrogen-bond donors (Lipinski definition) is 1. The lowest BCUT2D eigenvalue weighted by atomic mass is 10.0. The second-order valence-electron chi connectivity index (χ2n) is 6.27. The van der Waals surface area contributed by atoms with Gasteiger partial charge in [0.05, 0.1) is 10.6 Å². The van der Waals surface area contributed by atoms with Gasteiger partial charge >= 0.3 is 0 Å². The maximum atomic E-state index is 12.6. The van der Waals surface area contributed by atoms with Crippen molar-refractivity contribution in [1.82, 2.24) is 9.47 Å². The van der Waals surface area contributed by atoms with Crippen molar-refractivity contribution in [2.24, 2.45) is 0 Å². The Morgan fingerprint density at radius 1 is 1.50 bits per heavy atom. The lowest BCUT2D eigenvalue weighted by Crippen LogP contribution is -2.42. The Labute approximate surface area is 124 Å². The van der Waals surface area contributed by atoms with E-state index in [9.17, 15) is 9.90 Å². The Balaban J connectivity index is 1.74. The van der Waals surface area contributed by atoms with Gasteiger partial charge in [-0.25, -0.2) is 0 Å². The molecule has 2 aliphatic rings. The van der Waals surface area contributed by atoms with Crippen LogP contribution < -0.4 is 0 Å². The minimum absolute atomic E-state index is 0.0517. The zero-order chi connectivity index (χ0) is 14.3. The van der Waals surface area contributed by atoms with Gasteiger partial charge < -0.3 is 14.6 Å². The van der Waals surface area contributed by atoms with Gasteiger partial charge in [0.15, 0.2) is 0 Å². The smallest absolute Gasteiger partial charge is 0.270 e. The largest absolute Gasteiger partial charge is 0.388 e. The highest BCUT2D eigenvalue weighted by Gasteiger charge is 2.35. The molecule has 1 heterocycles. The van der Waals surface area contributed by atoms with Crippen LogP contribution in [-0.4, -0.2) is 39.7 Å². The number of rotatable bonds is 4. The molecule has 4 nitrogen and oxygen atoms in total. The summed E-state index contributed by atoms with van der Waals surface area (Å²) in [7, 11) is 1.76. The number of amides is 1. The Morgan fingerprint density at radius 3 is 2.75 bits per heavy atom. The molecule has 0 spiro atoms. The first-order valence-electron chi connectivity index (χ1n) is 7.34. The lowest BCUT2D eigenvalue weighted by molar-refractivity contribution is 0.0153. The van der Waals surface area contributed by atoms with E-state index in [0.29, 0.717) is 23.3 Å². The van der Waals surface area contributed by atoms with Crippen LogP contribution in [0.25, 0.3) is 0 Å². The molecule has 0 atom stereocenters. The van der Waals surface area contributed by atoms with Crippen molar-refractivity contribution >= 4 is 17.5 Å². The first-order valence-corrected chi connectivity index (χ1v) is 7.71. The molecule has 0 aromatic carbocycles. The van der Waals surface area contributed by atoms with Gasteiger partial charge in [0.2, 0.25) is 0 Å². The van der Waals surface area contributed by atoms with Gasteiger partial charge in [-0.1, -0.05) is 24.4 Å². The highest BCUT2D eigenvalue weighted by Crippen LogP contribution is 2.38. The van der Waals surface area contributed by atoms with Crippen LogP contribution in [0.15, 0.2) is 12.3 Å². The van der Waals surface area contributed by atoms with Crippen molar-refractivity contribution in [1.29, 1.82) is 0 Å².